The molecule has 8 heteroatoms. The van der Waals surface area contributed by atoms with Gasteiger partial charge < -0.3 is 4.43 Å². The first kappa shape index (κ1) is 20.9. The highest BCUT2D eigenvalue weighted by Gasteiger charge is 2.72. The highest BCUT2D eigenvalue weighted by molar-refractivity contribution is 9.10. The van der Waals surface area contributed by atoms with Gasteiger partial charge in [-0.2, -0.15) is 18.2 Å². The first-order chi connectivity index (χ1) is 11.1. The third kappa shape index (κ3) is 2.81. The van der Waals surface area contributed by atoms with Crippen LogP contribution >= 0.6 is 15.9 Å². The zero-order chi connectivity index (χ0) is 19.5. The summed E-state index contributed by atoms with van der Waals surface area (Å²) in [5, 5.41) is 1.70. The van der Waals surface area contributed by atoms with Gasteiger partial charge in [0.1, 0.15) is 20.4 Å². The van der Waals surface area contributed by atoms with E-state index in [4.69, 9.17) is 9.26 Å². The molecule has 3 nitrogen and oxygen atoms in total. The van der Waals surface area contributed by atoms with Crippen LogP contribution in [0.2, 0.25) is 0 Å². The summed E-state index contributed by atoms with van der Waals surface area (Å²) in [7, 11) is 2.28. The number of rotatable bonds is 2. The maximum atomic E-state index is 12.9. The van der Waals surface area contributed by atoms with Crippen LogP contribution in [0.1, 0.15) is 45.7 Å². The van der Waals surface area contributed by atoms with E-state index in [1.54, 1.807) is 12.1 Å². The lowest BCUT2D eigenvalue weighted by atomic mass is 9.69. The molecule has 1 aliphatic rings. The Bertz CT molecular complexity index is 645. The van der Waals surface area contributed by atoms with Crippen molar-refractivity contribution >= 4 is 26.4 Å². The van der Waals surface area contributed by atoms with Gasteiger partial charge in [-0.1, -0.05) is 48.8 Å². The molecule has 0 aliphatic carbocycles. The number of hydrogen-bond donors (Lipinski definition) is 0. The fourth-order valence-electron chi connectivity index (χ4n) is 4.15. The van der Waals surface area contributed by atoms with Crippen molar-refractivity contribution < 1.29 is 22.4 Å². The van der Waals surface area contributed by atoms with E-state index in [9.17, 15) is 13.2 Å². The van der Waals surface area contributed by atoms with E-state index >= 15 is 0 Å². The van der Waals surface area contributed by atoms with Crippen LogP contribution in [0.4, 0.5) is 13.2 Å². The molecular weight excluding hydrogens is 415 g/mol. The summed E-state index contributed by atoms with van der Waals surface area (Å²) in [6, 6.07) is 5.13. The van der Waals surface area contributed by atoms with Crippen molar-refractivity contribution in [3.05, 3.63) is 35.4 Å². The van der Waals surface area contributed by atoms with Gasteiger partial charge in [-0.3, -0.25) is 4.84 Å². The third-order valence-electron chi connectivity index (χ3n) is 5.37. The van der Waals surface area contributed by atoms with Gasteiger partial charge in [0, 0.05) is 12.5 Å². The van der Waals surface area contributed by atoms with Crippen LogP contribution in [0.15, 0.2) is 24.3 Å². The maximum Gasteiger partial charge on any atom is 0.416 e. The van der Waals surface area contributed by atoms with E-state index < -0.39 is 27.4 Å². The van der Waals surface area contributed by atoms with Gasteiger partial charge >= 0.3 is 6.18 Å². The molecule has 0 aromatic heterocycles. The second-order valence-electron chi connectivity index (χ2n) is 7.80. The molecule has 2 rings (SSSR count). The Morgan fingerprint density at radius 3 is 1.92 bits per heavy atom. The van der Waals surface area contributed by atoms with Gasteiger partial charge in [0.05, 0.1) is 5.56 Å². The molecule has 1 saturated heterocycles. The van der Waals surface area contributed by atoms with Crippen LogP contribution in [0.25, 0.3) is 0 Å². The number of alkyl halides is 4. The Balaban J connectivity index is 2.59. The summed E-state index contributed by atoms with van der Waals surface area (Å²) in [5.41, 5.74) is -2.04. The highest BCUT2D eigenvalue weighted by atomic mass is 79.9. The molecule has 1 heterocycles. The molecule has 25 heavy (non-hydrogen) atoms. The van der Waals surface area contributed by atoms with Crippen LogP contribution < -0.4 is 0 Å². The second-order valence-corrected chi connectivity index (χ2v) is 9.79. The average Bonchev–Trinajstić information content (AvgIpc) is 2.61. The second kappa shape index (κ2) is 6.05. The molecule has 1 fully saturated rings. The highest BCUT2D eigenvalue weighted by Crippen LogP contribution is 2.62. The lowest BCUT2D eigenvalue weighted by Crippen LogP contribution is -2.65. The van der Waals surface area contributed by atoms with E-state index in [1.165, 1.54) is 12.1 Å². The SMILES string of the molecule is CN1OC(C)(c2ccc(C(F)(F)F)cc2)C(C)(Br)C1(O[SiH3])C(C)(C)C. The summed E-state index contributed by atoms with van der Waals surface area (Å²) in [5.74, 6) is 0. The van der Waals surface area contributed by atoms with Crippen molar-refractivity contribution in [2.75, 3.05) is 7.05 Å². The molecule has 3 atom stereocenters. The summed E-state index contributed by atoms with van der Waals surface area (Å²) in [4.78, 5) is 6.21. The van der Waals surface area contributed by atoms with E-state index in [2.05, 4.69) is 36.7 Å². The molecule has 1 aromatic carbocycles. The minimum absolute atomic E-state index is 0.314. The molecule has 0 saturated carbocycles. The molecule has 0 radical (unpaired) electrons. The van der Waals surface area contributed by atoms with Gasteiger partial charge in [-0.15, -0.1) is 0 Å². The Kier molecular flexibility index (Phi) is 5.06. The van der Waals surface area contributed by atoms with Crippen molar-refractivity contribution in [1.29, 1.82) is 0 Å². The molecular formula is C17H25BrF3NO2Si. The Hall–Kier alpha value is -0.413. The van der Waals surface area contributed by atoms with Crippen LogP contribution in [0.3, 0.4) is 0 Å². The molecule has 0 spiro atoms. The molecule has 0 N–H and O–H groups in total. The smallest absolute Gasteiger partial charge is 0.407 e. The van der Waals surface area contributed by atoms with Crippen LogP contribution in [-0.4, -0.2) is 32.6 Å². The van der Waals surface area contributed by atoms with Gasteiger partial charge in [0.15, 0.2) is 5.72 Å². The normalized spacial score (nSPS) is 34.6. The van der Waals surface area contributed by atoms with Crippen molar-refractivity contribution in [2.45, 2.75) is 56.4 Å². The predicted octanol–water partition coefficient (Wildman–Crippen LogP) is 3.99. The standard InChI is InChI=1S/C17H25BrF3NO2Si/c1-13(2,3)17(24-25)15(5,18)14(4,23-22(17)6)11-7-9-12(10-8-11)16(19,20)21/h7-10H,1-6,25H3. The lowest BCUT2D eigenvalue weighted by Gasteiger charge is -2.52. The number of halogens is 4. The topological polar surface area (TPSA) is 21.7 Å². The largest absolute Gasteiger partial charge is 0.416 e. The summed E-state index contributed by atoms with van der Waals surface area (Å²) in [6.07, 6.45) is -4.36. The number of benzene rings is 1. The van der Waals surface area contributed by atoms with Crippen LogP contribution in [0.5, 0.6) is 0 Å². The van der Waals surface area contributed by atoms with Crippen molar-refractivity contribution in [3.8, 4) is 0 Å². The van der Waals surface area contributed by atoms with E-state index in [-0.39, 0.29) is 5.41 Å². The molecule has 3 unspecified atom stereocenters. The average molecular weight is 440 g/mol. The number of hydroxylamine groups is 2. The monoisotopic (exact) mass is 439 g/mol. The van der Waals surface area contributed by atoms with E-state index in [0.717, 1.165) is 12.1 Å². The first-order valence-electron chi connectivity index (χ1n) is 8.00. The van der Waals surface area contributed by atoms with Crippen LogP contribution in [-0.2, 0) is 21.0 Å². The minimum atomic E-state index is -4.36. The third-order valence-corrected chi connectivity index (χ3v) is 7.26. The minimum Gasteiger partial charge on any atom is -0.407 e. The summed E-state index contributed by atoms with van der Waals surface area (Å²) in [6.45, 7) is 10.0. The Morgan fingerprint density at radius 2 is 1.60 bits per heavy atom. The fraction of sp³-hybridized carbons (Fsp3) is 0.647. The molecule has 0 bridgehead atoms. The van der Waals surface area contributed by atoms with E-state index in [0.29, 0.717) is 16.0 Å². The van der Waals surface area contributed by atoms with Gasteiger partial charge in [0.2, 0.25) is 0 Å². The van der Waals surface area contributed by atoms with Crippen molar-refractivity contribution in [1.82, 2.24) is 5.06 Å². The predicted molar refractivity (Wildman–Crippen MR) is 98.2 cm³/mol. The van der Waals surface area contributed by atoms with Crippen LogP contribution in [0, 0.1) is 5.41 Å². The molecule has 0 amide bonds. The molecule has 1 aromatic rings. The lowest BCUT2D eigenvalue weighted by molar-refractivity contribution is -0.269. The summed E-state index contributed by atoms with van der Waals surface area (Å²) >= 11 is 3.83. The quantitative estimate of drug-likeness (QED) is 0.513. The Morgan fingerprint density at radius 1 is 1.12 bits per heavy atom. The first-order valence-corrected chi connectivity index (χ1v) is 9.61. The van der Waals surface area contributed by atoms with Gasteiger partial charge in [0.25, 0.3) is 0 Å². The Labute approximate surface area is 158 Å². The van der Waals surface area contributed by atoms with Crippen molar-refractivity contribution in [3.63, 3.8) is 0 Å². The maximum absolute atomic E-state index is 12.9. The van der Waals surface area contributed by atoms with Gasteiger partial charge in [-0.25, -0.2) is 0 Å². The molecule has 142 valence electrons. The van der Waals surface area contributed by atoms with Crippen molar-refractivity contribution in [2.24, 2.45) is 5.41 Å². The van der Waals surface area contributed by atoms with E-state index in [1.807, 2.05) is 13.8 Å². The van der Waals surface area contributed by atoms with Gasteiger partial charge in [-0.05, 0) is 31.5 Å². The number of hydrogen-bond acceptors (Lipinski definition) is 3. The number of nitrogens with zero attached hydrogens (tertiary/aromatic N) is 1. The fourth-order valence-corrected chi connectivity index (χ4v) is 7.03. The zero-order valence-corrected chi connectivity index (χ0v) is 19.2. The molecule has 1 aliphatic heterocycles. The summed E-state index contributed by atoms with van der Waals surface area (Å²) < 4.78 is 44.0. The zero-order valence-electron chi connectivity index (χ0n) is 15.6.